The molecule has 0 unspecified atom stereocenters. The number of anilines is 1. The van der Waals surface area contributed by atoms with Crippen LogP contribution < -0.4 is 10.6 Å². The molecule has 3 amide bonds. The Morgan fingerprint density at radius 3 is 2.24 bits per heavy atom. The van der Waals surface area contributed by atoms with Crippen LogP contribution in [0.25, 0.3) is 0 Å². The molecular weight excluding hydrogens is 337 g/mol. The smallest absolute Gasteiger partial charge is 0.308 e. The van der Waals surface area contributed by atoms with E-state index in [1.807, 2.05) is 0 Å². The van der Waals surface area contributed by atoms with Crippen molar-refractivity contribution in [2.24, 2.45) is 0 Å². The lowest BCUT2D eigenvalue weighted by Crippen LogP contribution is -2.34. The minimum Gasteiger partial charge on any atom is -0.308 e. The third-order valence-electron chi connectivity index (χ3n) is 2.39. The molecular formula is C13H8Cl3N3O2. The zero-order valence-electron chi connectivity index (χ0n) is 10.4. The van der Waals surface area contributed by atoms with Gasteiger partial charge < -0.3 is 5.32 Å². The number of imide groups is 1. The normalized spacial score (nSPS) is 10.0. The van der Waals surface area contributed by atoms with Gasteiger partial charge in [0, 0.05) is 10.7 Å². The van der Waals surface area contributed by atoms with Crippen LogP contribution in [0.15, 0.2) is 36.4 Å². The standard InChI is InChI=1S/C13H8Cl3N3O2/c14-7-1-3-8(4-2-7)17-13(21)19-12(20)9-5-6-10(15)18-11(9)16/h1-6H,(H2,17,19,20,21). The minimum atomic E-state index is -0.701. The Morgan fingerprint density at radius 2 is 1.62 bits per heavy atom. The third-order valence-corrected chi connectivity index (χ3v) is 3.14. The molecule has 0 saturated heterocycles. The van der Waals surface area contributed by atoms with Crippen molar-refractivity contribution in [1.29, 1.82) is 0 Å². The van der Waals surface area contributed by atoms with E-state index in [0.717, 1.165) is 0 Å². The van der Waals surface area contributed by atoms with Crippen molar-refractivity contribution >= 4 is 52.4 Å². The highest BCUT2D eigenvalue weighted by Crippen LogP contribution is 2.17. The molecule has 21 heavy (non-hydrogen) atoms. The van der Waals surface area contributed by atoms with Crippen LogP contribution in [0, 0.1) is 0 Å². The van der Waals surface area contributed by atoms with Gasteiger partial charge in [0.1, 0.15) is 10.3 Å². The Kier molecular flexibility index (Phi) is 5.01. The monoisotopic (exact) mass is 343 g/mol. The van der Waals surface area contributed by atoms with Gasteiger partial charge in [-0.3, -0.25) is 10.1 Å². The summed E-state index contributed by atoms with van der Waals surface area (Å²) in [4.78, 5) is 27.3. The predicted molar refractivity (Wildman–Crippen MR) is 82.2 cm³/mol. The summed E-state index contributed by atoms with van der Waals surface area (Å²) in [6.07, 6.45) is 0. The topological polar surface area (TPSA) is 71.1 Å². The van der Waals surface area contributed by atoms with Crippen molar-refractivity contribution in [3.8, 4) is 0 Å². The Bertz CT molecular complexity index is 690. The molecule has 2 rings (SSSR count). The Morgan fingerprint density at radius 1 is 0.952 bits per heavy atom. The number of rotatable bonds is 2. The molecule has 0 saturated carbocycles. The van der Waals surface area contributed by atoms with Gasteiger partial charge in [0.05, 0.1) is 5.56 Å². The van der Waals surface area contributed by atoms with E-state index >= 15 is 0 Å². The number of carbonyl (C=O) groups excluding carboxylic acids is 2. The maximum absolute atomic E-state index is 11.9. The summed E-state index contributed by atoms with van der Waals surface area (Å²) in [6, 6.07) is 8.50. The first-order valence-electron chi connectivity index (χ1n) is 5.65. The molecule has 0 spiro atoms. The van der Waals surface area contributed by atoms with Gasteiger partial charge in [-0.1, -0.05) is 34.8 Å². The first-order chi connectivity index (χ1) is 9.95. The van der Waals surface area contributed by atoms with Crippen LogP contribution in [0.2, 0.25) is 15.3 Å². The van der Waals surface area contributed by atoms with Crippen LogP contribution in [0.4, 0.5) is 10.5 Å². The number of benzene rings is 1. The zero-order valence-corrected chi connectivity index (χ0v) is 12.6. The van der Waals surface area contributed by atoms with Crippen molar-refractivity contribution < 1.29 is 9.59 Å². The molecule has 5 nitrogen and oxygen atoms in total. The number of pyridine rings is 1. The molecule has 0 atom stereocenters. The minimum absolute atomic E-state index is 0.0484. The Labute approximate surface area is 135 Å². The SMILES string of the molecule is O=C(NC(=O)c1ccc(Cl)nc1Cl)Nc1ccc(Cl)cc1. The van der Waals surface area contributed by atoms with E-state index in [4.69, 9.17) is 34.8 Å². The summed E-state index contributed by atoms with van der Waals surface area (Å²) in [5.74, 6) is -0.685. The largest absolute Gasteiger partial charge is 0.326 e. The lowest BCUT2D eigenvalue weighted by molar-refractivity contribution is 0.0967. The fraction of sp³-hybridized carbons (Fsp3) is 0. The van der Waals surface area contributed by atoms with Crippen molar-refractivity contribution in [3.05, 3.63) is 57.3 Å². The number of aromatic nitrogens is 1. The molecule has 108 valence electrons. The van der Waals surface area contributed by atoms with Crippen molar-refractivity contribution in [3.63, 3.8) is 0 Å². The van der Waals surface area contributed by atoms with E-state index in [0.29, 0.717) is 10.7 Å². The molecule has 1 heterocycles. The van der Waals surface area contributed by atoms with E-state index in [9.17, 15) is 9.59 Å². The highest BCUT2D eigenvalue weighted by atomic mass is 35.5. The number of nitrogens with one attached hydrogen (secondary N) is 2. The number of amides is 3. The van der Waals surface area contributed by atoms with Gasteiger partial charge in [-0.05, 0) is 36.4 Å². The Balaban J connectivity index is 2.02. The van der Waals surface area contributed by atoms with Gasteiger partial charge in [0.15, 0.2) is 0 Å². The van der Waals surface area contributed by atoms with Crippen molar-refractivity contribution in [1.82, 2.24) is 10.3 Å². The highest BCUT2D eigenvalue weighted by molar-refractivity contribution is 6.35. The molecule has 0 aliphatic heterocycles. The summed E-state index contributed by atoms with van der Waals surface area (Å²) < 4.78 is 0. The quantitative estimate of drug-likeness (QED) is 0.809. The lowest BCUT2D eigenvalue weighted by Gasteiger charge is -2.07. The summed E-state index contributed by atoms with van der Waals surface area (Å²) in [7, 11) is 0. The second kappa shape index (κ2) is 6.76. The molecule has 2 aromatic rings. The van der Waals surface area contributed by atoms with Gasteiger partial charge in [-0.25, -0.2) is 9.78 Å². The molecule has 1 aromatic carbocycles. The van der Waals surface area contributed by atoms with E-state index in [-0.39, 0.29) is 15.9 Å². The zero-order chi connectivity index (χ0) is 15.4. The van der Waals surface area contributed by atoms with E-state index in [1.165, 1.54) is 12.1 Å². The third kappa shape index (κ3) is 4.32. The van der Waals surface area contributed by atoms with Crippen molar-refractivity contribution in [2.75, 3.05) is 5.32 Å². The fourth-order valence-corrected chi connectivity index (χ4v) is 2.00. The van der Waals surface area contributed by atoms with E-state index < -0.39 is 11.9 Å². The number of carbonyl (C=O) groups is 2. The second-order valence-electron chi connectivity index (χ2n) is 3.89. The summed E-state index contributed by atoms with van der Waals surface area (Å²) in [6.45, 7) is 0. The molecule has 0 aliphatic rings. The fourth-order valence-electron chi connectivity index (χ4n) is 1.45. The first-order valence-corrected chi connectivity index (χ1v) is 6.79. The Hall–Kier alpha value is -1.82. The van der Waals surface area contributed by atoms with Crippen LogP contribution >= 0.6 is 34.8 Å². The van der Waals surface area contributed by atoms with Gasteiger partial charge >= 0.3 is 6.03 Å². The van der Waals surface area contributed by atoms with Gasteiger partial charge in [0.25, 0.3) is 5.91 Å². The molecule has 1 aromatic heterocycles. The maximum atomic E-state index is 11.9. The number of urea groups is 1. The second-order valence-corrected chi connectivity index (χ2v) is 5.07. The van der Waals surface area contributed by atoms with Gasteiger partial charge in [-0.15, -0.1) is 0 Å². The number of hydrogen-bond donors (Lipinski definition) is 2. The van der Waals surface area contributed by atoms with Crippen LogP contribution in [0.5, 0.6) is 0 Å². The van der Waals surface area contributed by atoms with Crippen LogP contribution in [-0.4, -0.2) is 16.9 Å². The number of nitrogens with zero attached hydrogens (tertiary/aromatic N) is 1. The van der Waals surface area contributed by atoms with Crippen LogP contribution in [-0.2, 0) is 0 Å². The lowest BCUT2D eigenvalue weighted by atomic mass is 10.3. The maximum Gasteiger partial charge on any atom is 0.326 e. The highest BCUT2D eigenvalue weighted by Gasteiger charge is 2.15. The molecule has 0 bridgehead atoms. The summed E-state index contributed by atoms with van der Waals surface area (Å²) in [5, 5.41) is 5.22. The van der Waals surface area contributed by atoms with Crippen LogP contribution in [0.3, 0.4) is 0 Å². The number of halogens is 3. The van der Waals surface area contributed by atoms with E-state index in [1.54, 1.807) is 24.3 Å². The number of hydrogen-bond acceptors (Lipinski definition) is 3. The molecule has 8 heteroatoms. The van der Waals surface area contributed by atoms with Crippen LogP contribution in [0.1, 0.15) is 10.4 Å². The molecule has 0 radical (unpaired) electrons. The van der Waals surface area contributed by atoms with Gasteiger partial charge in [0.2, 0.25) is 0 Å². The average molecular weight is 345 g/mol. The van der Waals surface area contributed by atoms with E-state index in [2.05, 4.69) is 15.6 Å². The average Bonchev–Trinajstić information content (AvgIpc) is 2.41. The van der Waals surface area contributed by atoms with Gasteiger partial charge in [-0.2, -0.15) is 0 Å². The molecule has 0 fully saturated rings. The van der Waals surface area contributed by atoms with Crippen molar-refractivity contribution in [2.45, 2.75) is 0 Å². The first kappa shape index (κ1) is 15.6. The predicted octanol–water partition coefficient (Wildman–Crippen LogP) is 4.00. The molecule has 2 N–H and O–H groups in total. The summed E-state index contributed by atoms with van der Waals surface area (Å²) in [5.41, 5.74) is 0.539. The molecule has 0 aliphatic carbocycles. The summed E-state index contributed by atoms with van der Waals surface area (Å²) >= 11 is 17.1.